The molecule has 4 atom stereocenters. The fraction of sp³-hybridized carbons (Fsp3) is 0.526. The first kappa shape index (κ1) is 16.8. The molecule has 0 heterocycles. The molecule has 0 aliphatic heterocycles. The van der Waals surface area contributed by atoms with Crippen LogP contribution in [0.25, 0.3) is 6.08 Å². The molecule has 3 rings (SSSR count). The molecule has 130 valence electrons. The number of aromatic hydroxyl groups is 3. The summed E-state index contributed by atoms with van der Waals surface area (Å²) in [4.78, 5) is 12.8. The number of fused-ring (bicyclic) bond motifs is 1. The second kappa shape index (κ2) is 5.81. The SMILES string of the molecule is CC1C(=O)C(=Cc2ccc(O)c(O)c2O)C[C@@]2(C)C1CCC[C@@H]2O. The molecule has 0 saturated heterocycles. The molecule has 2 aliphatic rings. The van der Waals surface area contributed by atoms with Gasteiger partial charge in [0.2, 0.25) is 5.75 Å². The summed E-state index contributed by atoms with van der Waals surface area (Å²) >= 11 is 0. The van der Waals surface area contributed by atoms with Gasteiger partial charge in [-0.2, -0.15) is 0 Å². The molecular formula is C19H24O5. The van der Waals surface area contributed by atoms with Gasteiger partial charge in [0.15, 0.2) is 17.3 Å². The van der Waals surface area contributed by atoms with Gasteiger partial charge < -0.3 is 20.4 Å². The Labute approximate surface area is 141 Å². The minimum Gasteiger partial charge on any atom is -0.504 e. The van der Waals surface area contributed by atoms with Gasteiger partial charge in [-0.05, 0) is 49.0 Å². The Morgan fingerprint density at radius 2 is 1.88 bits per heavy atom. The fourth-order valence-corrected chi connectivity index (χ4v) is 4.49. The average molecular weight is 332 g/mol. The largest absolute Gasteiger partial charge is 0.504 e. The van der Waals surface area contributed by atoms with Crippen LogP contribution >= 0.6 is 0 Å². The summed E-state index contributed by atoms with van der Waals surface area (Å²) in [6, 6.07) is 2.74. The average Bonchev–Trinajstić information content (AvgIpc) is 2.55. The number of carbonyl (C=O) groups excluding carboxylic acids is 1. The number of aliphatic hydroxyl groups is 1. The van der Waals surface area contributed by atoms with Crippen molar-refractivity contribution in [3.8, 4) is 17.2 Å². The maximum atomic E-state index is 12.8. The van der Waals surface area contributed by atoms with Gasteiger partial charge in [0.1, 0.15) is 0 Å². The van der Waals surface area contributed by atoms with Gasteiger partial charge >= 0.3 is 0 Å². The van der Waals surface area contributed by atoms with Crippen molar-refractivity contribution in [1.29, 1.82) is 0 Å². The molecule has 0 aromatic heterocycles. The molecule has 2 fully saturated rings. The normalized spacial score (nSPS) is 35.0. The van der Waals surface area contributed by atoms with Gasteiger partial charge in [0, 0.05) is 16.9 Å². The Kier molecular flexibility index (Phi) is 4.08. The van der Waals surface area contributed by atoms with E-state index in [1.165, 1.54) is 12.1 Å². The van der Waals surface area contributed by atoms with Crippen LogP contribution < -0.4 is 0 Å². The lowest BCUT2D eigenvalue weighted by Gasteiger charge is -2.51. The first-order chi connectivity index (χ1) is 11.3. The number of hydrogen-bond donors (Lipinski definition) is 4. The van der Waals surface area contributed by atoms with Gasteiger partial charge in [-0.3, -0.25) is 4.79 Å². The topological polar surface area (TPSA) is 98.0 Å². The molecule has 1 aromatic rings. The second-order valence-corrected chi connectivity index (χ2v) is 7.43. The van der Waals surface area contributed by atoms with E-state index in [-0.39, 0.29) is 28.6 Å². The molecule has 0 bridgehead atoms. The number of ketones is 1. The van der Waals surface area contributed by atoms with Crippen LogP contribution in [0.1, 0.15) is 45.1 Å². The van der Waals surface area contributed by atoms with Crippen LogP contribution in [-0.2, 0) is 4.79 Å². The van der Waals surface area contributed by atoms with E-state index in [0.717, 1.165) is 19.3 Å². The Balaban J connectivity index is 2.02. The summed E-state index contributed by atoms with van der Waals surface area (Å²) in [7, 11) is 0. The number of rotatable bonds is 1. The Morgan fingerprint density at radius 1 is 1.17 bits per heavy atom. The summed E-state index contributed by atoms with van der Waals surface area (Å²) in [6.07, 6.45) is 4.19. The number of phenols is 3. The Morgan fingerprint density at radius 3 is 2.58 bits per heavy atom. The van der Waals surface area contributed by atoms with Gasteiger partial charge in [-0.25, -0.2) is 0 Å². The lowest BCUT2D eigenvalue weighted by Crippen LogP contribution is -2.51. The number of Topliss-reactive ketones (excluding diaryl/α,β-unsaturated/α-hetero) is 1. The number of hydrogen-bond acceptors (Lipinski definition) is 5. The zero-order chi connectivity index (χ0) is 17.6. The van der Waals surface area contributed by atoms with Crippen molar-refractivity contribution in [3.63, 3.8) is 0 Å². The first-order valence-corrected chi connectivity index (χ1v) is 8.42. The van der Waals surface area contributed by atoms with Crippen molar-refractivity contribution in [2.75, 3.05) is 0 Å². The van der Waals surface area contributed by atoms with Crippen LogP contribution in [0.5, 0.6) is 17.2 Å². The molecule has 4 N–H and O–H groups in total. The van der Waals surface area contributed by atoms with E-state index in [2.05, 4.69) is 0 Å². The fourth-order valence-electron chi connectivity index (χ4n) is 4.49. The van der Waals surface area contributed by atoms with Crippen LogP contribution in [0, 0.1) is 17.3 Å². The zero-order valence-corrected chi connectivity index (χ0v) is 14.0. The van der Waals surface area contributed by atoms with Crippen molar-refractivity contribution in [3.05, 3.63) is 23.3 Å². The summed E-state index contributed by atoms with van der Waals surface area (Å²) in [5, 5.41) is 39.6. The van der Waals surface area contributed by atoms with Crippen molar-refractivity contribution in [2.45, 2.75) is 45.6 Å². The molecule has 2 unspecified atom stereocenters. The number of phenolic OH excluding ortho intramolecular Hbond substituents is 3. The Hall–Kier alpha value is -2.01. The Bertz CT molecular complexity index is 708. The van der Waals surface area contributed by atoms with E-state index in [4.69, 9.17) is 0 Å². The molecule has 0 radical (unpaired) electrons. The molecule has 2 aliphatic carbocycles. The molecule has 24 heavy (non-hydrogen) atoms. The standard InChI is InChI=1S/C19H24O5/c1-10-13-4-3-5-15(21)19(13,2)9-12(16(10)22)8-11-6-7-14(20)18(24)17(11)23/h6-8,10,13,15,20-21,23-24H,3-5,9H2,1-2H3/t10?,13?,15-,19-/m0/s1. The lowest BCUT2D eigenvalue weighted by molar-refractivity contribution is -0.133. The van der Waals surface area contributed by atoms with Crippen molar-refractivity contribution in [1.82, 2.24) is 0 Å². The van der Waals surface area contributed by atoms with E-state index >= 15 is 0 Å². The minimum absolute atomic E-state index is 0.0264. The quantitative estimate of drug-likeness (QED) is 0.468. The number of carbonyl (C=O) groups is 1. The second-order valence-electron chi connectivity index (χ2n) is 7.43. The van der Waals surface area contributed by atoms with Gasteiger partial charge in [-0.15, -0.1) is 0 Å². The van der Waals surface area contributed by atoms with Crippen LogP contribution in [0.2, 0.25) is 0 Å². The minimum atomic E-state index is -0.595. The van der Waals surface area contributed by atoms with Crippen molar-refractivity contribution >= 4 is 11.9 Å². The van der Waals surface area contributed by atoms with E-state index in [1.54, 1.807) is 6.08 Å². The van der Waals surface area contributed by atoms with E-state index in [9.17, 15) is 25.2 Å². The maximum absolute atomic E-state index is 12.8. The zero-order valence-electron chi connectivity index (χ0n) is 14.0. The summed E-state index contributed by atoms with van der Waals surface area (Å²) in [6.45, 7) is 3.94. The predicted molar refractivity (Wildman–Crippen MR) is 89.7 cm³/mol. The molecular weight excluding hydrogens is 308 g/mol. The van der Waals surface area contributed by atoms with Gasteiger partial charge in [0.25, 0.3) is 0 Å². The molecule has 0 spiro atoms. The highest BCUT2D eigenvalue weighted by molar-refractivity contribution is 6.02. The maximum Gasteiger partial charge on any atom is 0.200 e. The molecule has 5 heteroatoms. The van der Waals surface area contributed by atoms with E-state index in [1.807, 2.05) is 13.8 Å². The van der Waals surface area contributed by atoms with Crippen LogP contribution in [-0.4, -0.2) is 32.3 Å². The molecule has 0 amide bonds. The molecule has 5 nitrogen and oxygen atoms in total. The van der Waals surface area contributed by atoms with Crippen molar-refractivity contribution < 1.29 is 25.2 Å². The highest BCUT2D eigenvalue weighted by Crippen LogP contribution is 2.53. The monoisotopic (exact) mass is 332 g/mol. The summed E-state index contributed by atoms with van der Waals surface area (Å²) in [5.74, 6) is -1.45. The number of aliphatic hydroxyl groups excluding tert-OH is 1. The number of allylic oxidation sites excluding steroid dienone is 1. The van der Waals surface area contributed by atoms with E-state index in [0.29, 0.717) is 12.0 Å². The smallest absolute Gasteiger partial charge is 0.200 e. The third-order valence-corrected chi connectivity index (χ3v) is 6.00. The van der Waals surface area contributed by atoms with Gasteiger partial charge in [-0.1, -0.05) is 20.3 Å². The summed E-state index contributed by atoms with van der Waals surface area (Å²) in [5.41, 5.74) is 0.474. The highest BCUT2D eigenvalue weighted by Gasteiger charge is 2.51. The van der Waals surface area contributed by atoms with Crippen molar-refractivity contribution in [2.24, 2.45) is 17.3 Å². The van der Waals surface area contributed by atoms with E-state index < -0.39 is 23.4 Å². The third kappa shape index (κ3) is 2.47. The molecule has 2 saturated carbocycles. The van der Waals surface area contributed by atoms with Crippen LogP contribution in [0.3, 0.4) is 0 Å². The van der Waals surface area contributed by atoms with Gasteiger partial charge in [0.05, 0.1) is 6.10 Å². The van der Waals surface area contributed by atoms with Crippen LogP contribution in [0.4, 0.5) is 0 Å². The number of benzene rings is 1. The first-order valence-electron chi connectivity index (χ1n) is 8.42. The summed E-state index contributed by atoms with van der Waals surface area (Å²) < 4.78 is 0. The lowest BCUT2D eigenvalue weighted by atomic mass is 9.54. The van der Waals surface area contributed by atoms with Crippen LogP contribution in [0.15, 0.2) is 17.7 Å². The highest BCUT2D eigenvalue weighted by atomic mass is 16.3. The predicted octanol–water partition coefficient (Wildman–Crippen LogP) is 2.96. The third-order valence-electron chi connectivity index (χ3n) is 6.00. The molecule has 1 aromatic carbocycles.